The van der Waals surface area contributed by atoms with Crippen molar-refractivity contribution in [1.29, 1.82) is 0 Å². The van der Waals surface area contributed by atoms with E-state index in [0.29, 0.717) is 0 Å². The predicted octanol–water partition coefficient (Wildman–Crippen LogP) is 4.52. The van der Waals surface area contributed by atoms with Crippen LogP contribution in [0.5, 0.6) is 0 Å². The monoisotopic (exact) mass is 286 g/mol. The highest BCUT2D eigenvalue weighted by Crippen LogP contribution is 2.39. The lowest BCUT2D eigenvalue weighted by Crippen LogP contribution is -2.32. The molecule has 0 spiro atoms. The molecular formula is C20H16NO+. The van der Waals surface area contributed by atoms with Crippen molar-refractivity contribution in [2.45, 2.75) is 20.4 Å². The van der Waals surface area contributed by atoms with Gasteiger partial charge in [-0.05, 0) is 31.5 Å². The molecule has 1 aliphatic rings. The van der Waals surface area contributed by atoms with Gasteiger partial charge in [0.25, 0.3) is 0 Å². The van der Waals surface area contributed by atoms with Gasteiger partial charge in [-0.3, -0.25) is 0 Å². The van der Waals surface area contributed by atoms with Gasteiger partial charge in [0, 0.05) is 28.0 Å². The predicted molar refractivity (Wildman–Crippen MR) is 87.9 cm³/mol. The maximum absolute atomic E-state index is 6.21. The second-order valence-corrected chi connectivity index (χ2v) is 6.23. The van der Waals surface area contributed by atoms with Crippen LogP contribution in [0.4, 0.5) is 0 Å². The molecule has 0 atom stereocenters. The number of furan rings is 1. The molecule has 0 amide bonds. The van der Waals surface area contributed by atoms with Crippen molar-refractivity contribution in [2.24, 2.45) is 0 Å². The molecule has 0 unspecified atom stereocenters. The van der Waals surface area contributed by atoms with Gasteiger partial charge < -0.3 is 4.42 Å². The first-order chi connectivity index (χ1) is 10.7. The molecule has 2 aromatic heterocycles. The van der Waals surface area contributed by atoms with Gasteiger partial charge in [-0.15, -0.1) is 0 Å². The van der Waals surface area contributed by atoms with Gasteiger partial charge in [0.05, 0.1) is 5.56 Å². The molecule has 0 aliphatic carbocycles. The van der Waals surface area contributed by atoms with Gasteiger partial charge in [-0.25, -0.2) is 0 Å². The molecule has 0 bridgehead atoms. The number of fused-ring (bicyclic) bond motifs is 7. The molecule has 0 fully saturated rings. The molecule has 0 radical (unpaired) electrons. The lowest BCUT2D eigenvalue weighted by atomic mass is 10.0. The van der Waals surface area contributed by atoms with E-state index in [1.807, 2.05) is 12.1 Å². The number of hydrogen-bond acceptors (Lipinski definition) is 1. The van der Waals surface area contributed by atoms with E-state index in [0.717, 1.165) is 17.7 Å². The first-order valence-corrected chi connectivity index (χ1v) is 7.66. The average Bonchev–Trinajstić information content (AvgIpc) is 3.05. The second-order valence-electron chi connectivity index (χ2n) is 6.23. The first-order valence-electron chi connectivity index (χ1n) is 7.66. The highest BCUT2D eigenvalue weighted by atomic mass is 16.3. The van der Waals surface area contributed by atoms with Crippen LogP contribution < -0.4 is 4.57 Å². The third-order valence-corrected chi connectivity index (χ3v) is 4.86. The molecule has 0 N–H and O–H groups in total. The summed E-state index contributed by atoms with van der Waals surface area (Å²) in [5, 5.41) is 2.41. The van der Waals surface area contributed by atoms with Gasteiger partial charge in [0.1, 0.15) is 11.2 Å². The Morgan fingerprint density at radius 2 is 1.82 bits per heavy atom. The minimum absolute atomic E-state index is 0.929. The quantitative estimate of drug-likeness (QED) is 0.382. The van der Waals surface area contributed by atoms with Crippen LogP contribution in [0.2, 0.25) is 0 Å². The van der Waals surface area contributed by atoms with Gasteiger partial charge in [0.15, 0.2) is 12.7 Å². The van der Waals surface area contributed by atoms with E-state index in [-0.39, 0.29) is 0 Å². The summed E-state index contributed by atoms with van der Waals surface area (Å²) in [6.07, 6.45) is 2.25. The van der Waals surface area contributed by atoms with Crippen LogP contribution in [0.25, 0.3) is 33.2 Å². The summed E-state index contributed by atoms with van der Waals surface area (Å²) in [6.45, 7) is 5.27. The van der Waals surface area contributed by atoms with Crippen molar-refractivity contribution >= 4 is 21.9 Å². The number of rotatable bonds is 0. The Kier molecular flexibility index (Phi) is 2.17. The van der Waals surface area contributed by atoms with E-state index >= 15 is 0 Å². The van der Waals surface area contributed by atoms with Crippen molar-refractivity contribution in [1.82, 2.24) is 0 Å². The van der Waals surface area contributed by atoms with Crippen molar-refractivity contribution in [3.8, 4) is 11.3 Å². The standard InChI is InChI=1S/C20H16NO/c1-12-9-17-19-14(11-21(17)10-13(12)2)7-8-16-15-5-3-4-6-18(15)22-20(16)19/h3-10H,11H2,1-2H3/q+1. The Labute approximate surface area is 128 Å². The summed E-state index contributed by atoms with van der Waals surface area (Å²) in [6, 6.07) is 15.0. The fourth-order valence-corrected chi connectivity index (χ4v) is 3.58. The van der Waals surface area contributed by atoms with Crippen LogP contribution in [0.3, 0.4) is 0 Å². The maximum Gasteiger partial charge on any atom is 0.217 e. The Bertz CT molecular complexity index is 1070. The first kappa shape index (κ1) is 12.0. The average molecular weight is 286 g/mol. The lowest BCUT2D eigenvalue weighted by Gasteiger charge is -2.00. The molecule has 1 aliphatic heterocycles. The molecule has 0 saturated heterocycles. The minimum atomic E-state index is 0.929. The lowest BCUT2D eigenvalue weighted by molar-refractivity contribution is -0.672. The molecule has 2 heteroatoms. The highest BCUT2D eigenvalue weighted by molar-refractivity contribution is 6.09. The Morgan fingerprint density at radius 1 is 0.955 bits per heavy atom. The van der Waals surface area contributed by atoms with Crippen molar-refractivity contribution in [2.75, 3.05) is 0 Å². The highest BCUT2D eigenvalue weighted by Gasteiger charge is 2.30. The van der Waals surface area contributed by atoms with E-state index in [1.54, 1.807) is 0 Å². The van der Waals surface area contributed by atoms with Gasteiger partial charge in [-0.1, -0.05) is 24.3 Å². The third-order valence-electron chi connectivity index (χ3n) is 4.86. The molecule has 106 valence electrons. The number of benzene rings is 2. The van der Waals surface area contributed by atoms with Crippen LogP contribution in [-0.2, 0) is 6.54 Å². The van der Waals surface area contributed by atoms with Crippen LogP contribution in [0, 0.1) is 13.8 Å². The summed E-state index contributed by atoms with van der Waals surface area (Å²) in [4.78, 5) is 0. The van der Waals surface area contributed by atoms with E-state index in [9.17, 15) is 0 Å². The van der Waals surface area contributed by atoms with Crippen molar-refractivity contribution in [3.05, 3.63) is 65.4 Å². The molecule has 0 saturated carbocycles. The summed E-state index contributed by atoms with van der Waals surface area (Å²) in [5.41, 5.74) is 8.52. The molecule has 5 rings (SSSR count). The number of hydrogen-bond donors (Lipinski definition) is 0. The van der Waals surface area contributed by atoms with E-state index < -0.39 is 0 Å². The van der Waals surface area contributed by atoms with E-state index in [1.165, 1.54) is 38.7 Å². The molecule has 3 heterocycles. The number of aryl methyl sites for hydroxylation is 2. The zero-order chi connectivity index (χ0) is 14.8. The van der Waals surface area contributed by atoms with Crippen molar-refractivity contribution < 1.29 is 8.98 Å². The fourth-order valence-electron chi connectivity index (χ4n) is 3.58. The zero-order valence-electron chi connectivity index (χ0n) is 12.7. The smallest absolute Gasteiger partial charge is 0.217 e. The molecular weight excluding hydrogens is 270 g/mol. The summed E-state index contributed by atoms with van der Waals surface area (Å²) in [7, 11) is 0. The van der Waals surface area contributed by atoms with Crippen LogP contribution >= 0.6 is 0 Å². The number of para-hydroxylation sites is 1. The topological polar surface area (TPSA) is 17.0 Å². The van der Waals surface area contributed by atoms with Gasteiger partial charge >= 0.3 is 0 Å². The number of pyridine rings is 1. The Morgan fingerprint density at radius 3 is 2.73 bits per heavy atom. The Balaban J connectivity index is 1.94. The molecule has 4 aromatic rings. The summed E-state index contributed by atoms with van der Waals surface area (Å²) >= 11 is 0. The fraction of sp³-hybridized carbons (Fsp3) is 0.150. The molecule has 2 aromatic carbocycles. The maximum atomic E-state index is 6.21. The number of nitrogens with zero attached hydrogens (tertiary/aromatic N) is 1. The van der Waals surface area contributed by atoms with Gasteiger partial charge in [-0.2, -0.15) is 4.57 Å². The largest absolute Gasteiger partial charge is 0.455 e. The van der Waals surface area contributed by atoms with Crippen molar-refractivity contribution in [3.63, 3.8) is 0 Å². The van der Waals surface area contributed by atoms with E-state index in [4.69, 9.17) is 4.42 Å². The normalized spacial score (nSPS) is 12.8. The third kappa shape index (κ3) is 1.42. The molecule has 22 heavy (non-hydrogen) atoms. The van der Waals surface area contributed by atoms with Crippen LogP contribution in [-0.4, -0.2) is 0 Å². The van der Waals surface area contributed by atoms with Crippen LogP contribution in [0.1, 0.15) is 16.7 Å². The van der Waals surface area contributed by atoms with E-state index in [2.05, 4.69) is 54.9 Å². The second kappa shape index (κ2) is 3.98. The summed E-state index contributed by atoms with van der Waals surface area (Å²) < 4.78 is 8.54. The Hall–Kier alpha value is -2.61. The van der Waals surface area contributed by atoms with Crippen LogP contribution in [0.15, 0.2) is 53.1 Å². The van der Waals surface area contributed by atoms with Gasteiger partial charge in [0.2, 0.25) is 5.69 Å². The zero-order valence-corrected chi connectivity index (χ0v) is 12.7. The summed E-state index contributed by atoms with van der Waals surface area (Å²) in [5.74, 6) is 0. The number of aromatic nitrogens is 1. The SMILES string of the molecule is Cc1cc2[n+](cc1C)Cc1ccc3c(oc4ccccc43)c1-2. The molecule has 2 nitrogen and oxygen atoms in total. The minimum Gasteiger partial charge on any atom is -0.455 e.